The van der Waals surface area contributed by atoms with Crippen LogP contribution in [0, 0.1) is 5.92 Å². The lowest BCUT2D eigenvalue weighted by atomic mass is 9.89. The number of hydrogen-bond acceptors (Lipinski definition) is 2. The molecule has 1 N–H and O–H groups in total. The fourth-order valence-electron chi connectivity index (χ4n) is 2.02. The van der Waals surface area contributed by atoms with E-state index in [0.717, 1.165) is 18.6 Å². The molecular formula is C12H23NO. The minimum atomic E-state index is 0.572. The maximum absolute atomic E-state index is 5.80. The third-order valence-corrected chi connectivity index (χ3v) is 3.35. The van der Waals surface area contributed by atoms with Gasteiger partial charge in [0.25, 0.3) is 0 Å². The molecule has 0 amide bonds. The van der Waals surface area contributed by atoms with Crippen LogP contribution in [0.2, 0.25) is 0 Å². The van der Waals surface area contributed by atoms with Crippen molar-refractivity contribution in [2.24, 2.45) is 5.92 Å². The maximum Gasteiger partial charge on any atom is 0.0604 e. The first-order valence-electron chi connectivity index (χ1n) is 6.23. The summed E-state index contributed by atoms with van der Waals surface area (Å²) in [5, 5.41) is 3.53. The van der Waals surface area contributed by atoms with Gasteiger partial charge in [0.1, 0.15) is 0 Å². The number of nitrogens with one attached hydrogen (secondary N) is 1. The Kier molecular flexibility index (Phi) is 3.82. The Hall–Kier alpha value is -0.0800. The molecule has 0 saturated heterocycles. The van der Waals surface area contributed by atoms with Crippen molar-refractivity contribution in [1.82, 2.24) is 5.32 Å². The van der Waals surface area contributed by atoms with Crippen molar-refractivity contribution < 1.29 is 4.74 Å². The normalized spacial score (nSPS) is 31.5. The minimum absolute atomic E-state index is 0.572. The lowest BCUT2D eigenvalue weighted by Crippen LogP contribution is -2.45. The molecule has 0 bridgehead atoms. The van der Waals surface area contributed by atoms with Gasteiger partial charge < -0.3 is 10.1 Å². The topological polar surface area (TPSA) is 21.3 Å². The van der Waals surface area contributed by atoms with Crippen LogP contribution in [0.1, 0.15) is 45.4 Å². The monoisotopic (exact) mass is 197 g/mol. The van der Waals surface area contributed by atoms with Crippen LogP contribution >= 0.6 is 0 Å². The zero-order valence-corrected chi connectivity index (χ0v) is 9.30. The molecule has 2 rings (SSSR count). The van der Waals surface area contributed by atoms with E-state index in [9.17, 15) is 0 Å². The molecule has 14 heavy (non-hydrogen) atoms. The Morgan fingerprint density at radius 1 is 1.29 bits per heavy atom. The second kappa shape index (κ2) is 5.13. The van der Waals surface area contributed by atoms with Crippen molar-refractivity contribution in [2.75, 3.05) is 13.2 Å². The van der Waals surface area contributed by atoms with Crippen molar-refractivity contribution in [3.63, 3.8) is 0 Å². The SMILES string of the molecule is CCCNC1CC(OCCC2CC2)C1. The first-order chi connectivity index (χ1) is 6.88. The standard InChI is InChI=1S/C12H23NO/c1-2-6-13-11-8-12(9-11)14-7-5-10-3-4-10/h10-13H,2-9H2,1H3. The zero-order chi connectivity index (χ0) is 9.80. The molecule has 0 atom stereocenters. The van der Waals surface area contributed by atoms with E-state index >= 15 is 0 Å². The van der Waals surface area contributed by atoms with Gasteiger partial charge in [-0.05, 0) is 38.1 Å². The first kappa shape index (κ1) is 10.4. The van der Waals surface area contributed by atoms with Gasteiger partial charge in [-0.15, -0.1) is 0 Å². The van der Waals surface area contributed by atoms with E-state index in [-0.39, 0.29) is 0 Å². The van der Waals surface area contributed by atoms with Crippen LogP contribution in [0.5, 0.6) is 0 Å². The van der Waals surface area contributed by atoms with Crippen LogP contribution in [0.25, 0.3) is 0 Å². The highest BCUT2D eigenvalue weighted by Crippen LogP contribution is 2.33. The molecular weight excluding hydrogens is 174 g/mol. The van der Waals surface area contributed by atoms with Crippen LogP contribution in [-0.2, 0) is 4.74 Å². The number of rotatable bonds is 7. The highest BCUT2D eigenvalue weighted by molar-refractivity contribution is 4.86. The van der Waals surface area contributed by atoms with Gasteiger partial charge >= 0.3 is 0 Å². The van der Waals surface area contributed by atoms with Crippen LogP contribution in [0.3, 0.4) is 0 Å². The largest absolute Gasteiger partial charge is 0.378 e. The summed E-state index contributed by atoms with van der Waals surface area (Å²) >= 11 is 0. The summed E-state index contributed by atoms with van der Waals surface area (Å²) in [5.41, 5.74) is 0. The van der Waals surface area contributed by atoms with Crippen molar-refractivity contribution in [3.05, 3.63) is 0 Å². The molecule has 2 nitrogen and oxygen atoms in total. The second-order valence-electron chi connectivity index (χ2n) is 4.85. The molecule has 0 aromatic rings. The first-order valence-corrected chi connectivity index (χ1v) is 6.23. The van der Waals surface area contributed by atoms with E-state index in [1.54, 1.807) is 0 Å². The van der Waals surface area contributed by atoms with Crippen LogP contribution in [0.15, 0.2) is 0 Å². The minimum Gasteiger partial charge on any atom is -0.378 e. The lowest BCUT2D eigenvalue weighted by Gasteiger charge is -2.35. The van der Waals surface area contributed by atoms with Gasteiger partial charge in [0.15, 0.2) is 0 Å². The summed E-state index contributed by atoms with van der Waals surface area (Å²) in [6.07, 6.45) is 8.51. The molecule has 0 unspecified atom stereocenters. The van der Waals surface area contributed by atoms with Crippen molar-refractivity contribution in [2.45, 2.75) is 57.6 Å². The third-order valence-electron chi connectivity index (χ3n) is 3.35. The van der Waals surface area contributed by atoms with Gasteiger partial charge in [-0.2, -0.15) is 0 Å². The molecule has 0 aromatic carbocycles. The lowest BCUT2D eigenvalue weighted by molar-refractivity contribution is -0.0185. The number of hydrogen-bond donors (Lipinski definition) is 1. The molecule has 0 aromatic heterocycles. The van der Waals surface area contributed by atoms with E-state index in [4.69, 9.17) is 4.74 Å². The Bertz CT molecular complexity index is 162. The van der Waals surface area contributed by atoms with E-state index in [0.29, 0.717) is 6.10 Å². The molecule has 2 fully saturated rings. The quantitative estimate of drug-likeness (QED) is 0.676. The summed E-state index contributed by atoms with van der Waals surface area (Å²) in [6.45, 7) is 4.39. The molecule has 0 radical (unpaired) electrons. The summed E-state index contributed by atoms with van der Waals surface area (Å²) in [7, 11) is 0. The van der Waals surface area contributed by atoms with Gasteiger partial charge in [0, 0.05) is 12.6 Å². The molecule has 2 heteroatoms. The second-order valence-corrected chi connectivity index (χ2v) is 4.85. The Morgan fingerprint density at radius 3 is 2.71 bits per heavy atom. The summed E-state index contributed by atoms with van der Waals surface area (Å²) in [6, 6.07) is 0.751. The van der Waals surface area contributed by atoms with Gasteiger partial charge in [-0.25, -0.2) is 0 Å². The Balaban J connectivity index is 1.42. The summed E-state index contributed by atoms with van der Waals surface area (Å²) in [5.74, 6) is 1.02. The molecule has 2 aliphatic rings. The van der Waals surface area contributed by atoms with Crippen LogP contribution < -0.4 is 5.32 Å². The predicted molar refractivity (Wildman–Crippen MR) is 58.4 cm³/mol. The summed E-state index contributed by atoms with van der Waals surface area (Å²) < 4.78 is 5.80. The highest BCUT2D eigenvalue weighted by Gasteiger charge is 2.29. The van der Waals surface area contributed by atoms with Crippen molar-refractivity contribution in [3.8, 4) is 0 Å². The number of ether oxygens (including phenoxy) is 1. The third kappa shape index (κ3) is 3.25. The Labute approximate surface area is 87.4 Å². The zero-order valence-electron chi connectivity index (χ0n) is 9.30. The molecule has 82 valence electrons. The summed E-state index contributed by atoms with van der Waals surface area (Å²) in [4.78, 5) is 0. The smallest absolute Gasteiger partial charge is 0.0604 e. The molecule has 0 heterocycles. The molecule has 0 spiro atoms. The average Bonchev–Trinajstić information content (AvgIpc) is 2.91. The van der Waals surface area contributed by atoms with E-state index in [1.807, 2.05) is 0 Å². The van der Waals surface area contributed by atoms with Crippen molar-refractivity contribution in [1.29, 1.82) is 0 Å². The van der Waals surface area contributed by atoms with Gasteiger partial charge in [-0.3, -0.25) is 0 Å². The maximum atomic E-state index is 5.80. The van der Waals surface area contributed by atoms with E-state index < -0.39 is 0 Å². The van der Waals surface area contributed by atoms with E-state index in [2.05, 4.69) is 12.2 Å². The van der Waals surface area contributed by atoms with Crippen LogP contribution in [-0.4, -0.2) is 25.3 Å². The Morgan fingerprint density at radius 2 is 2.07 bits per heavy atom. The average molecular weight is 197 g/mol. The molecule has 2 saturated carbocycles. The molecule has 0 aliphatic heterocycles. The van der Waals surface area contributed by atoms with Crippen LogP contribution in [0.4, 0.5) is 0 Å². The van der Waals surface area contributed by atoms with Crippen molar-refractivity contribution >= 4 is 0 Å². The highest BCUT2D eigenvalue weighted by atomic mass is 16.5. The molecule has 2 aliphatic carbocycles. The fourth-order valence-corrected chi connectivity index (χ4v) is 2.02. The van der Waals surface area contributed by atoms with Gasteiger partial charge in [0.2, 0.25) is 0 Å². The fraction of sp³-hybridized carbons (Fsp3) is 1.00. The van der Waals surface area contributed by atoms with Gasteiger partial charge in [-0.1, -0.05) is 19.8 Å². The van der Waals surface area contributed by atoms with Gasteiger partial charge in [0.05, 0.1) is 6.10 Å². The van der Waals surface area contributed by atoms with E-state index in [1.165, 1.54) is 45.1 Å². The predicted octanol–water partition coefficient (Wildman–Crippen LogP) is 2.33.